The second-order valence-electron chi connectivity index (χ2n) is 6.49. The average molecular weight is 317 g/mol. The third-order valence-electron chi connectivity index (χ3n) is 5.03. The molecule has 0 spiro atoms. The van der Waals surface area contributed by atoms with Crippen molar-refractivity contribution in [3.63, 3.8) is 0 Å². The molecule has 1 N–H and O–H groups in total. The smallest absolute Gasteiger partial charge is 0.137 e. The summed E-state index contributed by atoms with van der Waals surface area (Å²) in [6, 6.07) is 13.3. The van der Waals surface area contributed by atoms with Crippen LogP contribution in [0.4, 0.5) is 0 Å². The molecule has 1 unspecified atom stereocenters. The lowest BCUT2D eigenvalue weighted by Crippen LogP contribution is -2.36. The molecule has 3 heteroatoms. The quantitative estimate of drug-likeness (QED) is 0.552. The molecule has 3 nitrogen and oxygen atoms in total. The van der Waals surface area contributed by atoms with Gasteiger partial charge < -0.3 is 4.98 Å². The average Bonchev–Trinajstić information content (AvgIpc) is 3.02. The summed E-state index contributed by atoms with van der Waals surface area (Å²) >= 11 is 0. The van der Waals surface area contributed by atoms with Crippen molar-refractivity contribution in [1.29, 1.82) is 0 Å². The lowest BCUT2D eigenvalue weighted by atomic mass is 9.95. The van der Waals surface area contributed by atoms with E-state index >= 15 is 0 Å². The largest absolute Gasteiger partial charge is 0.346 e. The highest BCUT2D eigenvalue weighted by atomic mass is 15.2. The molecule has 3 aliphatic rings. The number of rotatable bonds is 3. The molecule has 0 bridgehead atoms. The molecular weight excluding hydrogens is 294 g/mol. The number of H-pyrrole nitrogens is 1. The van der Waals surface area contributed by atoms with Crippen molar-refractivity contribution in [3.8, 4) is 11.1 Å². The minimum Gasteiger partial charge on any atom is -0.346 e. The zero-order valence-corrected chi connectivity index (χ0v) is 14.1. The van der Waals surface area contributed by atoms with Crippen LogP contribution in [0.1, 0.15) is 25.3 Å². The Kier molecular flexibility index (Phi) is 4.18. The fourth-order valence-corrected chi connectivity index (χ4v) is 3.40. The number of fused-ring (bicyclic) bond motifs is 2. The van der Waals surface area contributed by atoms with Gasteiger partial charge in [0.25, 0.3) is 0 Å². The molecule has 5 rings (SSSR count). The van der Waals surface area contributed by atoms with Gasteiger partial charge >= 0.3 is 0 Å². The fourth-order valence-electron chi connectivity index (χ4n) is 3.40. The van der Waals surface area contributed by atoms with Gasteiger partial charge in [0.1, 0.15) is 5.65 Å². The zero-order chi connectivity index (χ0) is 16.4. The van der Waals surface area contributed by atoms with E-state index in [4.69, 9.17) is 0 Å². The molecule has 2 aromatic heterocycles. The number of nitrogens with zero attached hydrogens (tertiary/aromatic N) is 2. The van der Waals surface area contributed by atoms with E-state index in [2.05, 4.69) is 70.5 Å². The van der Waals surface area contributed by atoms with Gasteiger partial charge in [-0.25, -0.2) is 4.98 Å². The van der Waals surface area contributed by atoms with E-state index in [1.807, 2.05) is 12.3 Å². The third-order valence-corrected chi connectivity index (χ3v) is 5.03. The van der Waals surface area contributed by atoms with Crippen LogP contribution >= 0.6 is 0 Å². The Hall–Kier alpha value is -2.39. The number of pyridine rings is 1. The first-order valence-electron chi connectivity index (χ1n) is 8.75. The summed E-state index contributed by atoms with van der Waals surface area (Å²) in [7, 11) is 0. The SMILES string of the molecule is CCC1CC=CCN1Cc1c[nH]c2ncccc12.c1cc2ccc1-2. The second kappa shape index (κ2) is 6.62. The molecule has 2 aliphatic carbocycles. The fraction of sp³-hybridized carbons (Fsp3) is 0.286. The normalized spacial score (nSPS) is 18.3. The van der Waals surface area contributed by atoms with Gasteiger partial charge in [-0.2, -0.15) is 0 Å². The maximum atomic E-state index is 4.35. The lowest BCUT2D eigenvalue weighted by Gasteiger charge is -2.32. The Bertz CT molecular complexity index is 824. The standard InChI is InChI=1S/C15H19N3.C6H4/c1-2-13-6-3-4-9-18(13)11-12-10-17-15-14(12)7-5-8-16-15;1-2-6-4-3-5(1)6/h3-5,7-8,10,13H,2,6,9,11H2,1H3,(H,16,17);1-4H. The third kappa shape index (κ3) is 2.87. The van der Waals surface area contributed by atoms with Gasteiger partial charge in [0.2, 0.25) is 0 Å². The minimum absolute atomic E-state index is 0.677. The number of benzene rings is 1. The molecule has 0 saturated carbocycles. The van der Waals surface area contributed by atoms with E-state index in [-0.39, 0.29) is 0 Å². The summed E-state index contributed by atoms with van der Waals surface area (Å²) in [5, 5.41) is 1.25. The Labute approximate surface area is 143 Å². The molecule has 0 saturated heterocycles. The van der Waals surface area contributed by atoms with Crippen LogP contribution in [0.2, 0.25) is 0 Å². The van der Waals surface area contributed by atoms with Gasteiger partial charge in [-0.05, 0) is 41.7 Å². The van der Waals surface area contributed by atoms with E-state index < -0.39 is 0 Å². The maximum Gasteiger partial charge on any atom is 0.137 e. The van der Waals surface area contributed by atoms with E-state index in [9.17, 15) is 0 Å². The van der Waals surface area contributed by atoms with E-state index in [1.54, 1.807) is 0 Å². The molecule has 1 atom stereocenters. The van der Waals surface area contributed by atoms with Crippen LogP contribution in [-0.4, -0.2) is 27.5 Å². The zero-order valence-electron chi connectivity index (χ0n) is 14.1. The highest BCUT2D eigenvalue weighted by Gasteiger charge is 2.19. The van der Waals surface area contributed by atoms with E-state index in [0.29, 0.717) is 6.04 Å². The highest BCUT2D eigenvalue weighted by molar-refractivity contribution is 5.79. The molecule has 1 aliphatic heterocycles. The Morgan fingerprint density at radius 3 is 2.58 bits per heavy atom. The highest BCUT2D eigenvalue weighted by Crippen LogP contribution is 2.29. The van der Waals surface area contributed by atoms with Crippen LogP contribution in [0.5, 0.6) is 0 Å². The second-order valence-corrected chi connectivity index (χ2v) is 6.49. The van der Waals surface area contributed by atoms with Gasteiger partial charge in [0, 0.05) is 36.9 Å². The molecule has 2 aromatic rings. The predicted molar refractivity (Wildman–Crippen MR) is 99.8 cm³/mol. The molecule has 0 amide bonds. The lowest BCUT2D eigenvalue weighted by molar-refractivity contribution is 0.195. The van der Waals surface area contributed by atoms with Crippen molar-refractivity contribution >= 4 is 11.0 Å². The van der Waals surface area contributed by atoms with Crippen molar-refractivity contribution in [2.24, 2.45) is 0 Å². The number of nitrogens with one attached hydrogen (secondary N) is 1. The maximum absolute atomic E-state index is 4.35. The molecule has 0 radical (unpaired) electrons. The molecule has 24 heavy (non-hydrogen) atoms. The van der Waals surface area contributed by atoms with Crippen LogP contribution in [-0.2, 0) is 6.54 Å². The summed E-state index contributed by atoms with van der Waals surface area (Å²) < 4.78 is 0. The Morgan fingerprint density at radius 1 is 1.12 bits per heavy atom. The van der Waals surface area contributed by atoms with Crippen molar-refractivity contribution in [1.82, 2.24) is 14.9 Å². The van der Waals surface area contributed by atoms with Crippen LogP contribution in [0.3, 0.4) is 0 Å². The van der Waals surface area contributed by atoms with Crippen molar-refractivity contribution < 1.29 is 0 Å². The van der Waals surface area contributed by atoms with E-state index in [1.165, 1.54) is 34.9 Å². The molecule has 0 fully saturated rings. The topological polar surface area (TPSA) is 31.9 Å². The Morgan fingerprint density at radius 2 is 1.92 bits per heavy atom. The number of hydrogen-bond acceptors (Lipinski definition) is 2. The van der Waals surface area contributed by atoms with Crippen LogP contribution in [0, 0.1) is 0 Å². The first kappa shape index (κ1) is 15.2. The molecule has 3 heterocycles. The van der Waals surface area contributed by atoms with Gasteiger partial charge in [-0.3, -0.25) is 4.90 Å². The van der Waals surface area contributed by atoms with Crippen molar-refractivity contribution in [2.75, 3.05) is 6.54 Å². The van der Waals surface area contributed by atoms with Crippen LogP contribution in [0.25, 0.3) is 22.2 Å². The monoisotopic (exact) mass is 317 g/mol. The molecular formula is C21H23N3. The molecule has 122 valence electrons. The van der Waals surface area contributed by atoms with E-state index in [0.717, 1.165) is 18.7 Å². The summed E-state index contributed by atoms with van der Waals surface area (Å²) in [6.07, 6.45) is 10.9. The first-order chi connectivity index (χ1) is 11.8. The predicted octanol–water partition coefficient (Wildman–Crippen LogP) is 4.77. The van der Waals surface area contributed by atoms with Crippen molar-refractivity contribution in [2.45, 2.75) is 32.4 Å². The number of hydrogen-bond donors (Lipinski definition) is 1. The Balaban J connectivity index is 0.000000201. The summed E-state index contributed by atoms with van der Waals surface area (Å²) in [5.74, 6) is 0. The molecule has 0 aromatic carbocycles. The first-order valence-corrected chi connectivity index (χ1v) is 8.75. The van der Waals surface area contributed by atoms with Gasteiger partial charge in [0.05, 0.1) is 0 Å². The van der Waals surface area contributed by atoms with Crippen LogP contribution in [0.15, 0.2) is 60.9 Å². The van der Waals surface area contributed by atoms with Crippen LogP contribution < -0.4 is 0 Å². The number of aromatic nitrogens is 2. The summed E-state index contributed by atoms with van der Waals surface area (Å²) in [6.45, 7) is 4.34. The minimum atomic E-state index is 0.677. The number of aromatic amines is 1. The summed E-state index contributed by atoms with van der Waals surface area (Å²) in [4.78, 5) is 10.2. The van der Waals surface area contributed by atoms with Gasteiger partial charge in [-0.15, -0.1) is 0 Å². The van der Waals surface area contributed by atoms with Gasteiger partial charge in [-0.1, -0.05) is 43.3 Å². The van der Waals surface area contributed by atoms with Gasteiger partial charge in [0.15, 0.2) is 0 Å². The van der Waals surface area contributed by atoms with Crippen molar-refractivity contribution in [3.05, 3.63) is 66.5 Å². The summed E-state index contributed by atoms with van der Waals surface area (Å²) in [5.41, 5.74) is 5.20.